The summed E-state index contributed by atoms with van der Waals surface area (Å²) in [5, 5.41) is 2.55. The highest BCUT2D eigenvalue weighted by Gasteiger charge is 2.23. The molecule has 3 rings (SSSR count). The molecule has 0 saturated heterocycles. The van der Waals surface area contributed by atoms with Crippen molar-refractivity contribution >= 4 is 27.5 Å². The highest BCUT2D eigenvalue weighted by molar-refractivity contribution is 7.89. The van der Waals surface area contributed by atoms with Crippen LogP contribution >= 0.6 is 0 Å². The molecule has 0 bridgehead atoms. The molecule has 1 fully saturated rings. The Balaban J connectivity index is 1.71. The van der Waals surface area contributed by atoms with Gasteiger partial charge in [-0.25, -0.2) is 17.5 Å². The summed E-state index contributed by atoms with van der Waals surface area (Å²) in [4.78, 5) is 26.9. The fraction of sp³-hybridized carbons (Fsp3) is 0.391. The van der Waals surface area contributed by atoms with Gasteiger partial charge < -0.3 is 10.2 Å². The number of halogens is 1. The van der Waals surface area contributed by atoms with Gasteiger partial charge in [-0.3, -0.25) is 9.59 Å². The first-order valence-electron chi connectivity index (χ1n) is 10.7. The zero-order chi connectivity index (χ0) is 23.3. The monoisotopic (exact) mass is 461 g/mol. The van der Waals surface area contributed by atoms with Crippen molar-refractivity contribution in [3.8, 4) is 0 Å². The van der Waals surface area contributed by atoms with E-state index in [0.29, 0.717) is 11.3 Å². The van der Waals surface area contributed by atoms with Crippen LogP contribution < -0.4 is 10.0 Å². The summed E-state index contributed by atoms with van der Waals surface area (Å²) < 4.78 is 40.8. The number of carbonyl (C=O) groups is 2. The topological polar surface area (TPSA) is 95.6 Å². The van der Waals surface area contributed by atoms with Gasteiger partial charge in [0.15, 0.2) is 0 Å². The van der Waals surface area contributed by atoms with Gasteiger partial charge in [-0.1, -0.05) is 26.2 Å². The molecule has 0 radical (unpaired) electrons. The molecule has 2 amide bonds. The first-order valence-corrected chi connectivity index (χ1v) is 12.2. The van der Waals surface area contributed by atoms with Gasteiger partial charge >= 0.3 is 0 Å². The third kappa shape index (κ3) is 5.52. The molecule has 32 heavy (non-hydrogen) atoms. The molecule has 0 unspecified atom stereocenters. The highest BCUT2D eigenvalue weighted by Crippen LogP contribution is 2.23. The molecular formula is C23H28FN3O4S. The Bertz CT molecular complexity index is 1080. The van der Waals surface area contributed by atoms with Crippen molar-refractivity contribution in [3.63, 3.8) is 0 Å². The van der Waals surface area contributed by atoms with Crippen LogP contribution in [-0.4, -0.2) is 44.8 Å². The van der Waals surface area contributed by atoms with Gasteiger partial charge in [-0.2, -0.15) is 0 Å². The molecular weight excluding hydrogens is 433 g/mol. The minimum absolute atomic E-state index is 0.0813. The van der Waals surface area contributed by atoms with Crippen molar-refractivity contribution in [2.75, 3.05) is 18.9 Å². The molecule has 172 valence electrons. The maximum atomic E-state index is 14.2. The van der Waals surface area contributed by atoms with Gasteiger partial charge in [0.1, 0.15) is 5.82 Å². The van der Waals surface area contributed by atoms with Gasteiger partial charge in [-0.15, -0.1) is 0 Å². The molecule has 0 aromatic heterocycles. The number of nitrogens with one attached hydrogen (secondary N) is 2. The summed E-state index contributed by atoms with van der Waals surface area (Å²) in [7, 11) is -2.02. The van der Waals surface area contributed by atoms with E-state index < -0.39 is 21.7 Å². The van der Waals surface area contributed by atoms with Crippen LogP contribution in [0, 0.1) is 5.82 Å². The van der Waals surface area contributed by atoms with Gasteiger partial charge in [0, 0.05) is 30.9 Å². The summed E-state index contributed by atoms with van der Waals surface area (Å²) in [6.45, 7) is 1.79. The van der Waals surface area contributed by atoms with E-state index in [4.69, 9.17) is 0 Å². The molecule has 0 aliphatic heterocycles. The molecule has 2 aromatic rings. The van der Waals surface area contributed by atoms with Crippen LogP contribution in [0.2, 0.25) is 0 Å². The van der Waals surface area contributed by atoms with E-state index in [-0.39, 0.29) is 29.0 Å². The Morgan fingerprint density at radius 2 is 1.72 bits per heavy atom. The zero-order valence-electron chi connectivity index (χ0n) is 18.2. The van der Waals surface area contributed by atoms with Crippen LogP contribution in [0.5, 0.6) is 0 Å². The Morgan fingerprint density at radius 1 is 1.06 bits per heavy atom. The van der Waals surface area contributed by atoms with Gasteiger partial charge in [-0.05, 0) is 55.3 Å². The Kier molecular flexibility index (Phi) is 7.63. The molecule has 0 heterocycles. The first kappa shape index (κ1) is 23.9. The molecule has 2 N–H and O–H groups in total. The third-order valence-electron chi connectivity index (χ3n) is 5.66. The second-order valence-electron chi connectivity index (χ2n) is 7.88. The van der Waals surface area contributed by atoms with Crippen LogP contribution in [-0.2, 0) is 10.0 Å². The normalized spacial score (nSPS) is 14.7. The molecule has 1 aliphatic rings. The first-order chi connectivity index (χ1) is 15.2. The lowest BCUT2D eigenvalue weighted by Gasteiger charge is -2.31. The maximum Gasteiger partial charge on any atom is 0.258 e. The lowest BCUT2D eigenvalue weighted by atomic mass is 9.94. The lowest BCUT2D eigenvalue weighted by molar-refractivity contribution is 0.0696. The SMILES string of the molecule is CCNS(=O)(=O)c1ccc(F)c(C(=O)Nc2ccc(C(=O)N(C)C3CCCCC3)cc2)c1. The van der Waals surface area contributed by atoms with Crippen molar-refractivity contribution in [2.45, 2.75) is 50.0 Å². The minimum atomic E-state index is -3.83. The van der Waals surface area contributed by atoms with Crippen molar-refractivity contribution in [3.05, 3.63) is 59.4 Å². The van der Waals surface area contributed by atoms with Crippen LogP contribution in [0.1, 0.15) is 59.7 Å². The van der Waals surface area contributed by atoms with Crippen LogP contribution in [0.3, 0.4) is 0 Å². The fourth-order valence-corrected chi connectivity index (χ4v) is 4.92. The Hall–Kier alpha value is -2.78. The van der Waals surface area contributed by atoms with Crippen molar-refractivity contribution in [1.82, 2.24) is 9.62 Å². The number of carbonyl (C=O) groups excluding carboxylic acids is 2. The number of rotatable bonds is 7. The van der Waals surface area contributed by atoms with Crippen molar-refractivity contribution < 1.29 is 22.4 Å². The van der Waals surface area contributed by atoms with E-state index in [1.54, 1.807) is 36.1 Å². The highest BCUT2D eigenvalue weighted by atomic mass is 32.2. The smallest absolute Gasteiger partial charge is 0.258 e. The predicted octanol–water partition coefficient (Wildman–Crippen LogP) is 3.78. The number of benzene rings is 2. The molecule has 9 heteroatoms. The van der Waals surface area contributed by atoms with E-state index >= 15 is 0 Å². The standard InChI is InChI=1S/C23H28FN3O4S/c1-3-25-32(30,31)19-13-14-21(24)20(15-19)22(28)26-17-11-9-16(10-12-17)23(29)27(2)18-7-5-4-6-8-18/h9-15,18,25H,3-8H2,1-2H3,(H,26,28). The molecule has 1 aliphatic carbocycles. The molecule has 0 spiro atoms. The third-order valence-corrected chi connectivity index (χ3v) is 7.20. The maximum absolute atomic E-state index is 14.2. The Morgan fingerprint density at radius 3 is 2.34 bits per heavy atom. The summed E-state index contributed by atoms with van der Waals surface area (Å²) in [6.07, 6.45) is 5.47. The van der Waals surface area contributed by atoms with Gasteiger partial charge in [0.2, 0.25) is 10.0 Å². The lowest BCUT2D eigenvalue weighted by Crippen LogP contribution is -2.38. The largest absolute Gasteiger partial charge is 0.339 e. The summed E-state index contributed by atoms with van der Waals surface area (Å²) in [6, 6.07) is 9.65. The average molecular weight is 462 g/mol. The summed E-state index contributed by atoms with van der Waals surface area (Å²) >= 11 is 0. The van der Waals surface area contributed by atoms with E-state index in [2.05, 4.69) is 10.0 Å². The average Bonchev–Trinajstić information content (AvgIpc) is 2.79. The number of anilines is 1. The van der Waals surface area contributed by atoms with Crippen molar-refractivity contribution in [2.24, 2.45) is 0 Å². The van der Waals surface area contributed by atoms with Crippen LogP contribution in [0.25, 0.3) is 0 Å². The fourth-order valence-electron chi connectivity index (χ4n) is 3.85. The summed E-state index contributed by atoms with van der Waals surface area (Å²) in [5.74, 6) is -1.70. The number of hydrogen-bond acceptors (Lipinski definition) is 4. The van der Waals surface area contributed by atoms with E-state index in [1.165, 1.54) is 6.42 Å². The quantitative estimate of drug-likeness (QED) is 0.656. The molecule has 1 saturated carbocycles. The molecule has 2 aromatic carbocycles. The van der Waals surface area contributed by atoms with Crippen LogP contribution in [0.4, 0.5) is 10.1 Å². The second kappa shape index (κ2) is 10.2. The number of sulfonamides is 1. The zero-order valence-corrected chi connectivity index (χ0v) is 19.0. The predicted molar refractivity (Wildman–Crippen MR) is 121 cm³/mol. The number of amides is 2. The number of nitrogens with zero attached hydrogens (tertiary/aromatic N) is 1. The summed E-state index contributed by atoms with van der Waals surface area (Å²) in [5.41, 5.74) is 0.480. The van der Waals surface area contributed by atoms with E-state index in [9.17, 15) is 22.4 Å². The Labute approximate surface area is 188 Å². The molecule has 0 atom stereocenters. The van der Waals surface area contributed by atoms with E-state index in [1.807, 2.05) is 7.05 Å². The minimum Gasteiger partial charge on any atom is -0.339 e. The van der Waals surface area contributed by atoms with Gasteiger partial charge in [0.05, 0.1) is 10.5 Å². The van der Waals surface area contributed by atoms with Gasteiger partial charge in [0.25, 0.3) is 11.8 Å². The second-order valence-corrected chi connectivity index (χ2v) is 9.65. The van der Waals surface area contributed by atoms with E-state index in [0.717, 1.165) is 43.9 Å². The van der Waals surface area contributed by atoms with Crippen molar-refractivity contribution in [1.29, 1.82) is 0 Å². The number of hydrogen-bond donors (Lipinski definition) is 2. The molecule has 7 nitrogen and oxygen atoms in total. The van der Waals surface area contributed by atoms with Crippen LogP contribution in [0.15, 0.2) is 47.4 Å².